The van der Waals surface area contributed by atoms with Crippen molar-refractivity contribution in [2.24, 2.45) is 0 Å². The summed E-state index contributed by atoms with van der Waals surface area (Å²) in [6, 6.07) is 9.12. The van der Waals surface area contributed by atoms with Crippen molar-refractivity contribution in [2.45, 2.75) is 12.5 Å². The van der Waals surface area contributed by atoms with E-state index in [-0.39, 0.29) is 12.0 Å². The number of anilines is 2. The highest BCUT2D eigenvalue weighted by atomic mass is 16.5. The second kappa shape index (κ2) is 6.48. The van der Waals surface area contributed by atoms with Crippen LogP contribution in [0, 0.1) is 0 Å². The number of methoxy groups -OCH3 is 1. The van der Waals surface area contributed by atoms with Crippen molar-refractivity contribution >= 4 is 23.2 Å². The second-order valence-corrected chi connectivity index (χ2v) is 5.87. The van der Waals surface area contributed by atoms with Crippen LogP contribution in [0.1, 0.15) is 16.9 Å². The van der Waals surface area contributed by atoms with Gasteiger partial charge in [-0.3, -0.25) is 4.79 Å². The molecule has 1 aliphatic rings. The summed E-state index contributed by atoms with van der Waals surface area (Å²) >= 11 is 0. The van der Waals surface area contributed by atoms with E-state index in [0.717, 1.165) is 25.3 Å². The van der Waals surface area contributed by atoms with Crippen LogP contribution in [0.5, 0.6) is 0 Å². The van der Waals surface area contributed by atoms with Crippen LogP contribution in [0.4, 0.5) is 11.6 Å². The number of amides is 1. The zero-order chi connectivity index (χ0) is 17.2. The van der Waals surface area contributed by atoms with Gasteiger partial charge in [0.15, 0.2) is 11.3 Å². The number of pyridine rings is 1. The van der Waals surface area contributed by atoms with Gasteiger partial charge in [-0.05, 0) is 30.7 Å². The first-order valence-corrected chi connectivity index (χ1v) is 8.09. The first kappa shape index (κ1) is 15.5. The Bertz CT molecular complexity index is 895. The largest absolute Gasteiger partial charge is 0.380 e. The quantitative estimate of drug-likeness (QED) is 0.778. The van der Waals surface area contributed by atoms with Crippen LogP contribution >= 0.6 is 0 Å². The maximum Gasteiger partial charge on any atom is 0.277 e. The first-order chi connectivity index (χ1) is 12.2. The lowest BCUT2D eigenvalue weighted by Crippen LogP contribution is -2.24. The van der Waals surface area contributed by atoms with Gasteiger partial charge in [0.2, 0.25) is 0 Å². The molecule has 0 aromatic carbocycles. The molecule has 0 aliphatic carbocycles. The van der Waals surface area contributed by atoms with Crippen LogP contribution in [0.3, 0.4) is 0 Å². The summed E-state index contributed by atoms with van der Waals surface area (Å²) in [7, 11) is 1.72. The van der Waals surface area contributed by atoms with E-state index < -0.39 is 0 Å². The SMILES string of the molecule is CO[C@H]1CCN(c2ccc3ncc(C(=O)Nc4ccccn4)n3n2)C1. The average Bonchev–Trinajstić information content (AvgIpc) is 3.29. The van der Waals surface area contributed by atoms with Gasteiger partial charge in [0.25, 0.3) is 5.91 Å². The lowest BCUT2D eigenvalue weighted by molar-refractivity contribution is 0.102. The maximum absolute atomic E-state index is 12.5. The van der Waals surface area contributed by atoms with Crippen molar-refractivity contribution in [1.82, 2.24) is 19.6 Å². The Balaban J connectivity index is 1.61. The number of aromatic nitrogens is 4. The number of hydrogen-bond donors (Lipinski definition) is 1. The molecule has 3 aromatic rings. The number of imidazole rings is 1. The fourth-order valence-electron chi connectivity index (χ4n) is 2.93. The molecule has 8 nitrogen and oxygen atoms in total. The number of rotatable bonds is 4. The van der Waals surface area contributed by atoms with Crippen molar-refractivity contribution in [3.63, 3.8) is 0 Å². The van der Waals surface area contributed by atoms with Gasteiger partial charge in [-0.25, -0.2) is 14.5 Å². The third kappa shape index (κ3) is 3.03. The molecule has 1 aliphatic heterocycles. The lowest BCUT2D eigenvalue weighted by Gasteiger charge is -2.17. The number of ether oxygens (including phenoxy) is 1. The van der Waals surface area contributed by atoms with Crippen molar-refractivity contribution in [3.05, 3.63) is 48.4 Å². The monoisotopic (exact) mass is 338 g/mol. The van der Waals surface area contributed by atoms with E-state index >= 15 is 0 Å². The smallest absolute Gasteiger partial charge is 0.277 e. The predicted molar refractivity (Wildman–Crippen MR) is 92.8 cm³/mol. The molecule has 0 radical (unpaired) electrons. The molecule has 0 unspecified atom stereocenters. The van der Waals surface area contributed by atoms with Gasteiger partial charge >= 0.3 is 0 Å². The van der Waals surface area contributed by atoms with Crippen LogP contribution in [0.2, 0.25) is 0 Å². The Morgan fingerprint density at radius 3 is 2.96 bits per heavy atom. The molecule has 0 saturated carbocycles. The summed E-state index contributed by atoms with van der Waals surface area (Å²) in [6.45, 7) is 1.67. The highest BCUT2D eigenvalue weighted by molar-refractivity contribution is 6.02. The van der Waals surface area contributed by atoms with E-state index in [2.05, 4.69) is 25.3 Å². The van der Waals surface area contributed by atoms with E-state index in [1.165, 1.54) is 6.20 Å². The Labute approximate surface area is 144 Å². The molecule has 4 heterocycles. The molecule has 1 fully saturated rings. The fourth-order valence-corrected chi connectivity index (χ4v) is 2.93. The van der Waals surface area contributed by atoms with Crippen LogP contribution in [0.25, 0.3) is 5.65 Å². The molecule has 8 heteroatoms. The van der Waals surface area contributed by atoms with Gasteiger partial charge in [0.1, 0.15) is 11.6 Å². The Kier molecular flexibility index (Phi) is 4.02. The zero-order valence-electron chi connectivity index (χ0n) is 13.8. The van der Waals surface area contributed by atoms with Crippen molar-refractivity contribution in [2.75, 3.05) is 30.4 Å². The molecule has 3 aromatic heterocycles. The number of nitrogens with one attached hydrogen (secondary N) is 1. The van der Waals surface area contributed by atoms with Gasteiger partial charge in [0.05, 0.1) is 12.3 Å². The summed E-state index contributed by atoms with van der Waals surface area (Å²) in [6.07, 6.45) is 4.33. The number of carbonyl (C=O) groups excluding carboxylic acids is 1. The molecule has 1 amide bonds. The normalized spacial score (nSPS) is 17.2. The molecule has 1 saturated heterocycles. The number of fused-ring (bicyclic) bond motifs is 1. The summed E-state index contributed by atoms with van der Waals surface area (Å²) in [5.74, 6) is 0.991. The first-order valence-electron chi connectivity index (χ1n) is 8.09. The third-order valence-electron chi connectivity index (χ3n) is 4.29. The van der Waals surface area contributed by atoms with Gasteiger partial charge < -0.3 is 15.0 Å². The topological polar surface area (TPSA) is 84.6 Å². The van der Waals surface area contributed by atoms with Crippen LogP contribution < -0.4 is 10.2 Å². The molecule has 0 spiro atoms. The fraction of sp³-hybridized carbons (Fsp3) is 0.294. The van der Waals surface area contributed by atoms with Crippen LogP contribution in [-0.4, -0.2) is 51.8 Å². The Morgan fingerprint density at radius 2 is 2.20 bits per heavy atom. The summed E-state index contributed by atoms with van der Waals surface area (Å²) in [5.41, 5.74) is 0.988. The molecule has 4 rings (SSSR count). The van der Waals surface area contributed by atoms with E-state index in [4.69, 9.17) is 4.74 Å². The zero-order valence-corrected chi connectivity index (χ0v) is 13.8. The minimum atomic E-state index is -0.299. The van der Waals surface area contributed by atoms with Gasteiger partial charge in [-0.1, -0.05) is 6.07 Å². The molecule has 0 bridgehead atoms. The lowest BCUT2D eigenvalue weighted by atomic mass is 10.3. The van der Waals surface area contributed by atoms with Crippen molar-refractivity contribution in [3.8, 4) is 0 Å². The summed E-state index contributed by atoms with van der Waals surface area (Å²) < 4.78 is 6.97. The molecule has 25 heavy (non-hydrogen) atoms. The number of carbonyl (C=O) groups is 1. The second-order valence-electron chi connectivity index (χ2n) is 5.87. The Morgan fingerprint density at radius 1 is 1.28 bits per heavy atom. The van der Waals surface area contributed by atoms with Gasteiger partial charge in [-0.15, -0.1) is 5.10 Å². The Hall–Kier alpha value is -3.00. The molecule has 1 atom stereocenters. The highest BCUT2D eigenvalue weighted by Crippen LogP contribution is 2.20. The van der Waals surface area contributed by atoms with E-state index in [1.807, 2.05) is 18.2 Å². The molecule has 128 valence electrons. The van der Waals surface area contributed by atoms with Crippen molar-refractivity contribution in [1.29, 1.82) is 0 Å². The molecular formula is C17H18N6O2. The predicted octanol–water partition coefficient (Wildman–Crippen LogP) is 1.60. The third-order valence-corrected chi connectivity index (χ3v) is 4.29. The molecular weight excluding hydrogens is 320 g/mol. The van der Waals surface area contributed by atoms with Gasteiger partial charge in [-0.2, -0.15) is 0 Å². The average molecular weight is 338 g/mol. The van der Waals surface area contributed by atoms with E-state index in [9.17, 15) is 4.79 Å². The van der Waals surface area contributed by atoms with Crippen molar-refractivity contribution < 1.29 is 9.53 Å². The molecule has 1 N–H and O–H groups in total. The van der Waals surface area contributed by atoms with E-state index in [1.54, 1.807) is 30.0 Å². The summed E-state index contributed by atoms with van der Waals surface area (Å²) in [4.78, 5) is 23.0. The maximum atomic E-state index is 12.5. The standard InChI is InChI=1S/C17H18N6O2/c1-25-12-7-9-22(11-12)16-6-5-15-19-10-13(23(15)21-16)17(24)20-14-4-2-3-8-18-14/h2-6,8,10,12H,7,9,11H2,1H3,(H,18,20,24)/t12-/m0/s1. The minimum absolute atomic E-state index is 0.215. The minimum Gasteiger partial charge on any atom is -0.380 e. The van der Waals surface area contributed by atoms with E-state index in [0.29, 0.717) is 17.2 Å². The number of nitrogens with zero attached hydrogens (tertiary/aromatic N) is 5. The van der Waals surface area contributed by atoms with Crippen LogP contribution in [0.15, 0.2) is 42.7 Å². The number of hydrogen-bond acceptors (Lipinski definition) is 6. The summed E-state index contributed by atoms with van der Waals surface area (Å²) in [5, 5.41) is 7.35. The van der Waals surface area contributed by atoms with Crippen LogP contribution in [-0.2, 0) is 4.74 Å². The van der Waals surface area contributed by atoms with Gasteiger partial charge in [0, 0.05) is 26.4 Å². The highest BCUT2D eigenvalue weighted by Gasteiger charge is 2.24.